The van der Waals surface area contributed by atoms with Crippen molar-refractivity contribution in [1.82, 2.24) is 14.1 Å². The average molecular weight is 374 g/mol. The lowest BCUT2D eigenvalue weighted by Gasteiger charge is -2.41. The largest absolute Gasteiger partial charge is 0.369 e. The van der Waals surface area contributed by atoms with Gasteiger partial charge in [-0.25, -0.2) is 13.5 Å². The Balaban J connectivity index is 1.61. The SMILES string of the molecule is Cc1cc(-n2ncc3cc(N4CC(SN(C)C)C4)ccc32)cc(F)c1F. The zero-order valence-electron chi connectivity index (χ0n) is 14.9. The van der Waals surface area contributed by atoms with Crippen molar-refractivity contribution in [2.45, 2.75) is 12.2 Å². The molecule has 3 aromatic rings. The molecule has 1 saturated heterocycles. The van der Waals surface area contributed by atoms with E-state index in [1.807, 2.05) is 18.0 Å². The van der Waals surface area contributed by atoms with Gasteiger partial charge in [-0.05, 0) is 50.8 Å². The molecule has 136 valence electrons. The van der Waals surface area contributed by atoms with E-state index in [2.05, 4.69) is 40.5 Å². The molecular formula is C19H20F2N4S. The van der Waals surface area contributed by atoms with E-state index >= 15 is 0 Å². The number of fused-ring (bicyclic) bond motifs is 1. The fraction of sp³-hybridized carbons (Fsp3) is 0.316. The molecular weight excluding hydrogens is 354 g/mol. The van der Waals surface area contributed by atoms with E-state index in [4.69, 9.17) is 0 Å². The number of hydrogen-bond donors (Lipinski definition) is 0. The number of hydrogen-bond acceptors (Lipinski definition) is 4. The van der Waals surface area contributed by atoms with Crippen molar-refractivity contribution in [3.8, 4) is 5.69 Å². The van der Waals surface area contributed by atoms with Crippen molar-refractivity contribution in [1.29, 1.82) is 0 Å². The van der Waals surface area contributed by atoms with Crippen LogP contribution in [0.15, 0.2) is 36.5 Å². The fourth-order valence-corrected chi connectivity index (χ4v) is 4.36. The average Bonchev–Trinajstić information content (AvgIpc) is 2.98. The summed E-state index contributed by atoms with van der Waals surface area (Å²) < 4.78 is 31.1. The number of halogens is 2. The van der Waals surface area contributed by atoms with Crippen molar-refractivity contribution in [3.63, 3.8) is 0 Å². The molecule has 0 radical (unpaired) electrons. The van der Waals surface area contributed by atoms with Crippen LogP contribution >= 0.6 is 11.9 Å². The second-order valence-corrected chi connectivity index (χ2v) is 8.41. The number of rotatable bonds is 4. The van der Waals surface area contributed by atoms with Crippen molar-refractivity contribution >= 4 is 28.5 Å². The summed E-state index contributed by atoms with van der Waals surface area (Å²) in [5.74, 6) is -1.67. The fourth-order valence-electron chi connectivity index (χ4n) is 3.27. The Morgan fingerprint density at radius 1 is 1.12 bits per heavy atom. The molecule has 1 aromatic heterocycles. The van der Waals surface area contributed by atoms with Crippen LogP contribution in [-0.4, -0.2) is 46.5 Å². The molecule has 26 heavy (non-hydrogen) atoms. The smallest absolute Gasteiger partial charge is 0.161 e. The molecule has 2 heterocycles. The summed E-state index contributed by atoms with van der Waals surface area (Å²) in [6.45, 7) is 3.59. The second-order valence-electron chi connectivity index (χ2n) is 6.80. The molecule has 0 spiro atoms. The summed E-state index contributed by atoms with van der Waals surface area (Å²) >= 11 is 1.86. The Kier molecular flexibility index (Phi) is 4.36. The number of aromatic nitrogens is 2. The van der Waals surface area contributed by atoms with Gasteiger partial charge in [0, 0.05) is 30.2 Å². The van der Waals surface area contributed by atoms with Crippen LogP contribution in [0.5, 0.6) is 0 Å². The summed E-state index contributed by atoms with van der Waals surface area (Å²) in [7, 11) is 4.13. The van der Waals surface area contributed by atoms with Gasteiger partial charge in [-0.2, -0.15) is 5.10 Å². The van der Waals surface area contributed by atoms with Gasteiger partial charge in [-0.15, -0.1) is 0 Å². The van der Waals surface area contributed by atoms with Crippen LogP contribution < -0.4 is 4.90 Å². The maximum Gasteiger partial charge on any atom is 0.161 e. The zero-order valence-corrected chi connectivity index (χ0v) is 15.7. The zero-order chi connectivity index (χ0) is 18.4. The van der Waals surface area contributed by atoms with Gasteiger partial charge in [-0.1, -0.05) is 11.9 Å². The molecule has 1 aliphatic heterocycles. The van der Waals surface area contributed by atoms with E-state index in [1.165, 1.54) is 6.07 Å². The number of aryl methyl sites for hydroxylation is 1. The van der Waals surface area contributed by atoms with Gasteiger partial charge in [0.15, 0.2) is 11.6 Å². The van der Waals surface area contributed by atoms with Crippen molar-refractivity contribution in [3.05, 3.63) is 53.7 Å². The third kappa shape index (κ3) is 3.05. The van der Waals surface area contributed by atoms with Crippen LogP contribution in [0, 0.1) is 18.6 Å². The Bertz CT molecular complexity index is 940. The minimum atomic E-state index is -0.856. The summed E-state index contributed by atoms with van der Waals surface area (Å²) in [6.07, 6.45) is 1.77. The number of anilines is 1. The molecule has 7 heteroatoms. The highest BCUT2D eigenvalue weighted by atomic mass is 32.2. The highest BCUT2D eigenvalue weighted by Gasteiger charge is 2.28. The Morgan fingerprint density at radius 2 is 1.88 bits per heavy atom. The first-order chi connectivity index (χ1) is 12.4. The van der Waals surface area contributed by atoms with Crippen LogP contribution in [0.1, 0.15) is 5.56 Å². The predicted molar refractivity (Wildman–Crippen MR) is 103 cm³/mol. The van der Waals surface area contributed by atoms with E-state index in [1.54, 1.807) is 23.9 Å². The minimum absolute atomic E-state index is 0.269. The molecule has 2 aromatic carbocycles. The van der Waals surface area contributed by atoms with Gasteiger partial charge in [0.2, 0.25) is 0 Å². The first-order valence-electron chi connectivity index (χ1n) is 8.45. The van der Waals surface area contributed by atoms with E-state index in [-0.39, 0.29) is 5.56 Å². The van der Waals surface area contributed by atoms with E-state index in [0.717, 1.165) is 29.7 Å². The first-order valence-corrected chi connectivity index (χ1v) is 9.29. The topological polar surface area (TPSA) is 24.3 Å². The van der Waals surface area contributed by atoms with Crippen molar-refractivity contribution < 1.29 is 8.78 Å². The monoisotopic (exact) mass is 374 g/mol. The highest BCUT2D eigenvalue weighted by molar-refractivity contribution is 7.97. The third-order valence-electron chi connectivity index (χ3n) is 4.56. The van der Waals surface area contributed by atoms with Crippen LogP contribution in [0.25, 0.3) is 16.6 Å². The Morgan fingerprint density at radius 3 is 2.58 bits per heavy atom. The molecule has 0 unspecified atom stereocenters. The minimum Gasteiger partial charge on any atom is -0.369 e. The molecule has 4 rings (SSSR count). The molecule has 1 aliphatic rings. The van der Waals surface area contributed by atoms with Gasteiger partial charge in [0.05, 0.1) is 22.7 Å². The molecule has 0 amide bonds. The lowest BCUT2D eigenvalue weighted by Crippen LogP contribution is -2.50. The Labute approximate surface area is 155 Å². The summed E-state index contributed by atoms with van der Waals surface area (Å²) in [6, 6.07) is 8.94. The molecule has 0 atom stereocenters. The van der Waals surface area contributed by atoms with Crippen LogP contribution in [-0.2, 0) is 0 Å². The van der Waals surface area contributed by atoms with E-state index in [9.17, 15) is 8.78 Å². The lowest BCUT2D eigenvalue weighted by atomic mass is 10.1. The van der Waals surface area contributed by atoms with E-state index in [0.29, 0.717) is 10.9 Å². The van der Waals surface area contributed by atoms with Crippen LogP contribution in [0.4, 0.5) is 14.5 Å². The first kappa shape index (κ1) is 17.3. The number of nitrogens with zero attached hydrogens (tertiary/aromatic N) is 4. The maximum absolute atomic E-state index is 13.8. The van der Waals surface area contributed by atoms with Crippen molar-refractivity contribution in [2.75, 3.05) is 32.1 Å². The highest BCUT2D eigenvalue weighted by Crippen LogP contribution is 2.31. The quantitative estimate of drug-likeness (QED) is 0.644. The molecule has 0 N–H and O–H groups in total. The standard InChI is InChI=1S/C19H20F2N4S/c1-12-6-15(8-17(20)19(12)21)25-18-5-4-14(7-13(18)9-22-25)24-10-16(11-24)26-23(2)3/h4-9,16H,10-11H2,1-3H3. The Hall–Kier alpha value is -2.12. The molecule has 4 nitrogen and oxygen atoms in total. The van der Waals surface area contributed by atoms with Gasteiger partial charge in [0.25, 0.3) is 0 Å². The second kappa shape index (κ2) is 6.55. The molecule has 0 aliphatic carbocycles. The van der Waals surface area contributed by atoms with Gasteiger partial charge < -0.3 is 4.90 Å². The van der Waals surface area contributed by atoms with Gasteiger partial charge >= 0.3 is 0 Å². The third-order valence-corrected chi connectivity index (χ3v) is 5.58. The summed E-state index contributed by atoms with van der Waals surface area (Å²) in [4.78, 5) is 2.33. The van der Waals surface area contributed by atoms with E-state index < -0.39 is 11.6 Å². The van der Waals surface area contributed by atoms with Crippen molar-refractivity contribution in [2.24, 2.45) is 0 Å². The maximum atomic E-state index is 13.8. The number of benzene rings is 2. The predicted octanol–water partition coefficient (Wildman–Crippen LogP) is 4.01. The lowest BCUT2D eigenvalue weighted by molar-refractivity contribution is 0.502. The van der Waals surface area contributed by atoms with Crippen LogP contribution in [0.3, 0.4) is 0 Å². The molecule has 0 saturated carbocycles. The van der Waals surface area contributed by atoms with Gasteiger partial charge in [0.1, 0.15) is 0 Å². The van der Waals surface area contributed by atoms with Gasteiger partial charge in [-0.3, -0.25) is 4.31 Å². The molecule has 0 bridgehead atoms. The molecule has 1 fully saturated rings. The van der Waals surface area contributed by atoms with Crippen LogP contribution in [0.2, 0.25) is 0 Å². The normalized spacial score (nSPS) is 15.1. The summed E-state index contributed by atoms with van der Waals surface area (Å²) in [5, 5.41) is 5.97. The summed E-state index contributed by atoms with van der Waals surface area (Å²) in [5.41, 5.74) is 2.83.